The predicted molar refractivity (Wildman–Crippen MR) is 47.8 cm³/mol. The van der Waals surface area contributed by atoms with E-state index in [1.165, 1.54) is 0 Å². The van der Waals surface area contributed by atoms with E-state index in [2.05, 4.69) is 23.3 Å². The maximum Gasteiger partial charge on any atom is 0.194 e. The molecule has 1 unspecified atom stereocenters. The van der Waals surface area contributed by atoms with Gasteiger partial charge in [-0.3, -0.25) is 4.99 Å². The third-order valence-electron chi connectivity index (χ3n) is 1.81. The first-order chi connectivity index (χ1) is 5.74. The smallest absolute Gasteiger partial charge is 0.194 e. The molecule has 1 heterocycles. The zero-order valence-corrected chi connectivity index (χ0v) is 7.54. The molecule has 1 aliphatic rings. The Balaban J connectivity index is 2.34. The number of hydrogen-bond acceptors (Lipinski definition) is 4. The van der Waals surface area contributed by atoms with Gasteiger partial charge in [-0.05, 0) is 6.92 Å². The molecule has 12 heavy (non-hydrogen) atoms. The third kappa shape index (κ3) is 2.12. The summed E-state index contributed by atoms with van der Waals surface area (Å²) < 4.78 is 0. The topological polar surface area (TPSA) is 51.4 Å². The second-order valence-corrected chi connectivity index (χ2v) is 3.04. The van der Waals surface area contributed by atoms with Gasteiger partial charge in [-0.1, -0.05) is 0 Å². The standard InChI is InChI=1S/C8H14N4/c1-7-6-10-8(11-7)12(2)5-3-4-9/h7H,3,5-6H2,1-2H3,(H,10,11). The highest BCUT2D eigenvalue weighted by molar-refractivity contribution is 5.81. The molecule has 0 aliphatic carbocycles. The fourth-order valence-electron chi connectivity index (χ4n) is 1.09. The molecule has 4 heteroatoms. The van der Waals surface area contributed by atoms with E-state index in [4.69, 9.17) is 5.26 Å². The molecule has 0 aromatic heterocycles. The molecular weight excluding hydrogens is 152 g/mol. The lowest BCUT2D eigenvalue weighted by molar-refractivity contribution is 0.496. The maximum absolute atomic E-state index is 8.37. The van der Waals surface area contributed by atoms with Crippen molar-refractivity contribution in [1.29, 1.82) is 5.26 Å². The Labute approximate surface area is 72.9 Å². The molecule has 1 rings (SSSR count). The van der Waals surface area contributed by atoms with E-state index < -0.39 is 0 Å². The lowest BCUT2D eigenvalue weighted by Crippen LogP contribution is -2.39. The zero-order valence-electron chi connectivity index (χ0n) is 7.54. The Morgan fingerprint density at radius 1 is 1.83 bits per heavy atom. The minimum absolute atomic E-state index is 0.435. The molecule has 1 N–H and O–H groups in total. The number of nitrogens with zero attached hydrogens (tertiary/aromatic N) is 3. The second-order valence-electron chi connectivity index (χ2n) is 3.04. The lowest BCUT2D eigenvalue weighted by Gasteiger charge is -2.18. The summed E-state index contributed by atoms with van der Waals surface area (Å²) in [5.74, 6) is 0.915. The van der Waals surface area contributed by atoms with E-state index in [1.807, 2.05) is 11.9 Å². The highest BCUT2D eigenvalue weighted by atomic mass is 15.3. The predicted octanol–water partition coefficient (Wildman–Crippen LogP) is 0.180. The second kappa shape index (κ2) is 3.96. The Bertz CT molecular complexity index is 216. The highest BCUT2D eigenvalue weighted by Gasteiger charge is 2.15. The Kier molecular flexibility index (Phi) is 2.92. The minimum atomic E-state index is 0.435. The van der Waals surface area contributed by atoms with Crippen molar-refractivity contribution in [2.75, 3.05) is 20.1 Å². The lowest BCUT2D eigenvalue weighted by atomic mass is 10.4. The number of nitrogens with one attached hydrogen (secondary N) is 1. The monoisotopic (exact) mass is 166 g/mol. The van der Waals surface area contributed by atoms with Crippen molar-refractivity contribution in [1.82, 2.24) is 10.2 Å². The van der Waals surface area contributed by atoms with Crippen LogP contribution in [0, 0.1) is 11.3 Å². The average Bonchev–Trinajstić information content (AvgIpc) is 2.47. The molecule has 0 radical (unpaired) electrons. The van der Waals surface area contributed by atoms with Gasteiger partial charge in [0.25, 0.3) is 0 Å². The van der Waals surface area contributed by atoms with Crippen LogP contribution in [-0.4, -0.2) is 37.0 Å². The fraction of sp³-hybridized carbons (Fsp3) is 0.750. The molecule has 0 amide bonds. The van der Waals surface area contributed by atoms with Gasteiger partial charge in [0, 0.05) is 19.6 Å². The van der Waals surface area contributed by atoms with Gasteiger partial charge in [0.2, 0.25) is 0 Å². The fourth-order valence-corrected chi connectivity index (χ4v) is 1.09. The Morgan fingerprint density at radius 2 is 2.58 bits per heavy atom. The van der Waals surface area contributed by atoms with E-state index in [0.29, 0.717) is 12.5 Å². The van der Waals surface area contributed by atoms with E-state index in [9.17, 15) is 0 Å². The molecule has 0 saturated heterocycles. The van der Waals surface area contributed by atoms with Crippen molar-refractivity contribution >= 4 is 5.96 Å². The average molecular weight is 166 g/mol. The summed E-state index contributed by atoms with van der Waals surface area (Å²) in [7, 11) is 1.95. The SMILES string of the molecule is CC1CN=C(N(C)CCC#N)N1. The van der Waals surface area contributed by atoms with Crippen molar-refractivity contribution in [2.24, 2.45) is 4.99 Å². The molecule has 0 aromatic rings. The van der Waals surface area contributed by atoms with Gasteiger partial charge in [-0.2, -0.15) is 5.26 Å². The summed E-state index contributed by atoms with van der Waals surface area (Å²) in [5.41, 5.74) is 0. The first-order valence-electron chi connectivity index (χ1n) is 4.13. The molecule has 0 aromatic carbocycles. The number of rotatable bonds is 2. The van der Waals surface area contributed by atoms with Crippen LogP contribution in [0.1, 0.15) is 13.3 Å². The van der Waals surface area contributed by atoms with Crippen LogP contribution in [0.4, 0.5) is 0 Å². The number of aliphatic imine (C=N–C) groups is 1. The van der Waals surface area contributed by atoms with Crippen LogP contribution in [-0.2, 0) is 0 Å². The summed E-state index contributed by atoms with van der Waals surface area (Å²) in [6, 6.07) is 2.54. The molecule has 66 valence electrons. The van der Waals surface area contributed by atoms with E-state index >= 15 is 0 Å². The molecule has 0 fully saturated rings. The van der Waals surface area contributed by atoms with Crippen LogP contribution in [0.25, 0.3) is 0 Å². The normalized spacial score (nSPS) is 21.1. The summed E-state index contributed by atoms with van der Waals surface area (Å²) in [5, 5.41) is 11.6. The first-order valence-corrected chi connectivity index (χ1v) is 4.13. The molecule has 4 nitrogen and oxygen atoms in total. The number of nitriles is 1. The summed E-state index contributed by atoms with van der Waals surface area (Å²) in [4.78, 5) is 6.27. The summed E-state index contributed by atoms with van der Waals surface area (Å²) >= 11 is 0. The van der Waals surface area contributed by atoms with Crippen LogP contribution < -0.4 is 5.32 Å². The largest absolute Gasteiger partial charge is 0.352 e. The molecule has 0 saturated carbocycles. The van der Waals surface area contributed by atoms with Crippen LogP contribution in [0.15, 0.2) is 4.99 Å². The molecule has 0 bridgehead atoms. The van der Waals surface area contributed by atoms with Crippen molar-refractivity contribution in [3.63, 3.8) is 0 Å². The summed E-state index contributed by atoms with van der Waals surface area (Å²) in [6.45, 7) is 3.68. The van der Waals surface area contributed by atoms with Crippen molar-refractivity contribution in [3.05, 3.63) is 0 Å². The zero-order chi connectivity index (χ0) is 8.97. The van der Waals surface area contributed by atoms with Crippen molar-refractivity contribution in [3.8, 4) is 6.07 Å². The Morgan fingerprint density at radius 3 is 3.08 bits per heavy atom. The van der Waals surface area contributed by atoms with E-state index in [1.54, 1.807) is 0 Å². The molecule has 1 atom stereocenters. The van der Waals surface area contributed by atoms with Gasteiger partial charge in [-0.25, -0.2) is 0 Å². The van der Waals surface area contributed by atoms with Crippen molar-refractivity contribution < 1.29 is 0 Å². The third-order valence-corrected chi connectivity index (χ3v) is 1.81. The molecular formula is C8H14N4. The van der Waals surface area contributed by atoms with Crippen molar-refractivity contribution in [2.45, 2.75) is 19.4 Å². The van der Waals surface area contributed by atoms with Gasteiger partial charge in [-0.15, -0.1) is 0 Å². The van der Waals surface area contributed by atoms with Crippen LogP contribution in [0.2, 0.25) is 0 Å². The first kappa shape index (κ1) is 8.85. The molecule has 0 spiro atoms. The number of hydrogen-bond donors (Lipinski definition) is 1. The van der Waals surface area contributed by atoms with E-state index in [-0.39, 0.29) is 0 Å². The van der Waals surface area contributed by atoms with Gasteiger partial charge < -0.3 is 10.2 Å². The van der Waals surface area contributed by atoms with E-state index in [0.717, 1.165) is 19.0 Å². The van der Waals surface area contributed by atoms with Crippen LogP contribution >= 0.6 is 0 Å². The quantitative estimate of drug-likeness (QED) is 0.636. The molecule has 1 aliphatic heterocycles. The Hall–Kier alpha value is -1.24. The van der Waals surface area contributed by atoms with Crippen LogP contribution in [0.5, 0.6) is 0 Å². The van der Waals surface area contributed by atoms with Gasteiger partial charge >= 0.3 is 0 Å². The minimum Gasteiger partial charge on any atom is -0.352 e. The van der Waals surface area contributed by atoms with Gasteiger partial charge in [0.05, 0.1) is 19.0 Å². The maximum atomic E-state index is 8.37. The van der Waals surface area contributed by atoms with Gasteiger partial charge in [0.15, 0.2) is 5.96 Å². The highest BCUT2D eigenvalue weighted by Crippen LogP contribution is 1.98. The van der Waals surface area contributed by atoms with Gasteiger partial charge in [0.1, 0.15) is 0 Å². The summed E-state index contributed by atoms with van der Waals surface area (Å²) in [6.07, 6.45) is 0.547. The van der Waals surface area contributed by atoms with Crippen LogP contribution in [0.3, 0.4) is 0 Å². The number of guanidine groups is 1.